The van der Waals surface area contributed by atoms with Crippen LogP contribution in [-0.4, -0.2) is 20.1 Å². The number of para-hydroxylation sites is 3. The van der Waals surface area contributed by atoms with Crippen molar-refractivity contribution in [1.82, 2.24) is 0 Å². The number of fused-ring (bicyclic) bond motifs is 1. The minimum Gasteiger partial charge on any atom is -0.726 e. The minimum atomic E-state index is -4.41. The van der Waals surface area contributed by atoms with Crippen LogP contribution in [-0.2, 0) is 14.6 Å². The van der Waals surface area contributed by atoms with Crippen LogP contribution < -0.4 is 10.3 Å². The molecule has 1 aromatic heterocycles. The van der Waals surface area contributed by atoms with E-state index in [0.29, 0.717) is 0 Å². The topological polar surface area (TPSA) is 106 Å². The van der Waals surface area contributed by atoms with Crippen LogP contribution in [0.5, 0.6) is 0 Å². The summed E-state index contributed by atoms with van der Waals surface area (Å²) >= 11 is 0. The number of anilines is 1. The molecule has 2 N–H and O–H groups in total. The molecular weight excluding hydrogens is 332 g/mol. The van der Waals surface area contributed by atoms with Gasteiger partial charge in [-0.2, -0.15) is 4.98 Å². The Bertz CT molecular complexity index is 871. The molecule has 7 nitrogen and oxygen atoms in total. The highest BCUT2D eigenvalue weighted by atomic mass is 32.3. The van der Waals surface area contributed by atoms with Crippen LogP contribution in [0.15, 0.2) is 65.2 Å². The molecule has 0 bridgehead atoms. The summed E-state index contributed by atoms with van der Waals surface area (Å²) in [7, 11) is -3.60. The van der Waals surface area contributed by atoms with Crippen LogP contribution in [0.4, 0.5) is 5.69 Å². The first kappa shape index (κ1) is 17.7. The molecule has 0 unspecified atom stereocenters. The lowest BCUT2D eigenvalue weighted by molar-refractivity contribution is -0.357. The fraction of sp³-hybridized carbons (Fsp3) is 0.0625. The maximum atomic E-state index is 9.22. The molecule has 2 aromatic carbocycles. The SMILES string of the molecule is C(=C\c1[nH+]c2ccccc2o1)/Nc1ccccc1.COS(=O)(=O)[O-]. The molecule has 0 aliphatic rings. The van der Waals surface area contributed by atoms with Crippen molar-refractivity contribution in [3.8, 4) is 0 Å². The number of nitrogens with one attached hydrogen (secondary N) is 2. The number of aromatic nitrogens is 1. The zero-order valence-corrected chi connectivity index (χ0v) is 13.6. The number of aromatic amines is 1. The Balaban J connectivity index is 0.000000301. The van der Waals surface area contributed by atoms with Gasteiger partial charge in [-0.05, 0) is 18.2 Å². The van der Waals surface area contributed by atoms with E-state index in [1.165, 1.54) is 0 Å². The Morgan fingerprint density at radius 2 is 1.75 bits per heavy atom. The molecule has 3 rings (SSSR count). The third-order valence-electron chi connectivity index (χ3n) is 2.83. The molecular formula is C16H16N2O5S. The molecule has 0 spiro atoms. The highest BCUT2D eigenvalue weighted by Crippen LogP contribution is 2.11. The van der Waals surface area contributed by atoms with E-state index < -0.39 is 10.4 Å². The van der Waals surface area contributed by atoms with Crippen LogP contribution in [0.2, 0.25) is 0 Å². The lowest BCUT2D eigenvalue weighted by Gasteiger charge is -1.98. The third kappa shape index (κ3) is 5.84. The van der Waals surface area contributed by atoms with Crippen molar-refractivity contribution in [2.75, 3.05) is 12.4 Å². The van der Waals surface area contributed by atoms with Gasteiger partial charge in [0.05, 0.1) is 13.2 Å². The van der Waals surface area contributed by atoms with Crippen LogP contribution in [0.1, 0.15) is 5.89 Å². The van der Waals surface area contributed by atoms with E-state index in [2.05, 4.69) is 14.5 Å². The average Bonchev–Trinajstić information content (AvgIpc) is 2.98. The van der Waals surface area contributed by atoms with Gasteiger partial charge in [-0.25, -0.2) is 8.42 Å². The number of benzene rings is 2. The standard InChI is InChI=1S/C15H12N2O.CH4O4S/c1-2-6-12(7-3-1)16-11-10-15-17-13-8-4-5-9-14(13)18-15;1-5-6(2,3)4/h1-11,16H;1H3,(H,2,3,4)/b11-10+;. The molecule has 24 heavy (non-hydrogen) atoms. The Morgan fingerprint density at radius 1 is 1.12 bits per heavy atom. The van der Waals surface area contributed by atoms with Gasteiger partial charge in [0.15, 0.2) is 0 Å². The molecule has 8 heteroatoms. The molecule has 0 aliphatic carbocycles. The Kier molecular flexibility index (Phi) is 6.07. The van der Waals surface area contributed by atoms with Gasteiger partial charge in [0.2, 0.25) is 21.5 Å². The smallest absolute Gasteiger partial charge is 0.373 e. The van der Waals surface area contributed by atoms with E-state index in [1.807, 2.05) is 66.9 Å². The number of oxazole rings is 1. The van der Waals surface area contributed by atoms with Gasteiger partial charge in [-0.15, -0.1) is 0 Å². The van der Waals surface area contributed by atoms with Gasteiger partial charge < -0.3 is 14.3 Å². The molecule has 3 aromatic rings. The van der Waals surface area contributed by atoms with Crippen molar-refractivity contribution in [3.05, 3.63) is 66.7 Å². The summed E-state index contributed by atoms with van der Waals surface area (Å²) in [5, 5.41) is 3.18. The van der Waals surface area contributed by atoms with Gasteiger partial charge >= 0.3 is 5.89 Å². The maximum Gasteiger partial charge on any atom is 0.373 e. The summed E-state index contributed by atoms with van der Waals surface area (Å²) < 4.78 is 36.6. The highest BCUT2D eigenvalue weighted by molar-refractivity contribution is 7.80. The Hall–Kier alpha value is -2.68. The monoisotopic (exact) mass is 348 g/mol. The van der Waals surface area contributed by atoms with Gasteiger partial charge in [0, 0.05) is 18.0 Å². The van der Waals surface area contributed by atoms with Gasteiger partial charge in [0.25, 0.3) is 0 Å². The molecule has 0 radical (unpaired) electrons. The van der Waals surface area contributed by atoms with Crippen LogP contribution in [0, 0.1) is 0 Å². The fourth-order valence-electron chi connectivity index (χ4n) is 1.76. The predicted molar refractivity (Wildman–Crippen MR) is 88.6 cm³/mol. The van der Waals surface area contributed by atoms with Crippen LogP contribution >= 0.6 is 0 Å². The third-order valence-corrected chi connectivity index (χ3v) is 3.24. The molecule has 0 saturated carbocycles. The van der Waals surface area contributed by atoms with Gasteiger partial charge in [0.1, 0.15) is 0 Å². The summed E-state index contributed by atoms with van der Waals surface area (Å²) in [4.78, 5) is 3.19. The minimum absolute atomic E-state index is 0.722. The van der Waals surface area contributed by atoms with Crippen molar-refractivity contribution in [3.63, 3.8) is 0 Å². The van der Waals surface area contributed by atoms with Crippen molar-refractivity contribution < 1.29 is 26.6 Å². The summed E-state index contributed by atoms with van der Waals surface area (Å²) in [6.07, 6.45) is 3.72. The first-order chi connectivity index (χ1) is 11.5. The molecule has 126 valence electrons. The Labute approximate surface area is 139 Å². The summed E-state index contributed by atoms with van der Waals surface area (Å²) in [6.45, 7) is 0. The first-order valence-electron chi connectivity index (χ1n) is 6.88. The molecule has 0 atom stereocenters. The number of hydrogen-bond donors (Lipinski definition) is 1. The normalized spacial score (nSPS) is 11.2. The average molecular weight is 348 g/mol. The van der Waals surface area contributed by atoms with Crippen LogP contribution in [0.25, 0.3) is 17.2 Å². The van der Waals surface area contributed by atoms with E-state index >= 15 is 0 Å². The van der Waals surface area contributed by atoms with E-state index in [1.54, 1.807) is 0 Å². The zero-order valence-electron chi connectivity index (χ0n) is 12.8. The second kappa shape index (κ2) is 8.25. The van der Waals surface area contributed by atoms with Gasteiger partial charge in [-0.1, -0.05) is 30.3 Å². The fourth-order valence-corrected chi connectivity index (χ4v) is 1.76. The van der Waals surface area contributed by atoms with E-state index in [4.69, 9.17) is 4.42 Å². The summed E-state index contributed by atoms with van der Waals surface area (Å²) in [5.74, 6) is 0.722. The quantitative estimate of drug-likeness (QED) is 0.573. The van der Waals surface area contributed by atoms with Crippen LogP contribution in [0.3, 0.4) is 0 Å². The zero-order chi connectivity index (χ0) is 17.4. The Morgan fingerprint density at radius 3 is 2.38 bits per heavy atom. The number of rotatable bonds is 4. The molecule has 0 fully saturated rings. The van der Waals surface area contributed by atoms with Gasteiger partial charge in [-0.3, -0.25) is 4.18 Å². The second-order valence-electron chi connectivity index (χ2n) is 4.51. The molecule has 0 amide bonds. The second-order valence-corrected chi connectivity index (χ2v) is 5.66. The van der Waals surface area contributed by atoms with Crippen molar-refractivity contribution in [1.29, 1.82) is 0 Å². The van der Waals surface area contributed by atoms with Crippen molar-refractivity contribution >= 4 is 33.3 Å². The van der Waals surface area contributed by atoms with Crippen molar-refractivity contribution in [2.45, 2.75) is 0 Å². The lowest BCUT2D eigenvalue weighted by atomic mass is 10.3. The van der Waals surface area contributed by atoms with E-state index in [-0.39, 0.29) is 0 Å². The predicted octanol–water partition coefficient (Wildman–Crippen LogP) is 2.42. The first-order valence-corrected chi connectivity index (χ1v) is 8.22. The maximum absolute atomic E-state index is 9.22. The summed E-state index contributed by atoms with van der Waals surface area (Å²) in [5.41, 5.74) is 2.90. The molecule has 0 aliphatic heterocycles. The van der Waals surface area contributed by atoms with Crippen molar-refractivity contribution in [2.24, 2.45) is 0 Å². The number of hydrogen-bond acceptors (Lipinski definition) is 6. The summed E-state index contributed by atoms with van der Waals surface area (Å²) in [6, 6.07) is 17.8. The van der Waals surface area contributed by atoms with E-state index in [0.717, 1.165) is 29.8 Å². The largest absolute Gasteiger partial charge is 0.726 e. The molecule has 1 heterocycles. The highest BCUT2D eigenvalue weighted by Gasteiger charge is 2.08. The molecule has 0 saturated heterocycles. The lowest BCUT2D eigenvalue weighted by Crippen LogP contribution is -2.01. The van der Waals surface area contributed by atoms with E-state index in [9.17, 15) is 13.0 Å². The number of H-pyrrole nitrogens is 1.